The number of amides is 2. The van der Waals surface area contributed by atoms with Gasteiger partial charge in [-0.2, -0.15) is 0 Å². The van der Waals surface area contributed by atoms with Crippen LogP contribution in [0, 0.1) is 10.1 Å². The van der Waals surface area contributed by atoms with E-state index < -0.39 is 34.9 Å². The first-order chi connectivity index (χ1) is 13.7. The third-order valence-electron chi connectivity index (χ3n) is 4.59. The lowest BCUT2D eigenvalue weighted by molar-refractivity contribution is -0.384. The predicted molar refractivity (Wildman–Crippen MR) is 102 cm³/mol. The van der Waals surface area contributed by atoms with Crippen LogP contribution in [0.1, 0.15) is 33.6 Å². The number of nitro groups is 1. The van der Waals surface area contributed by atoms with Gasteiger partial charge in [-0.1, -0.05) is 6.92 Å². The van der Waals surface area contributed by atoms with Crippen LogP contribution in [0.3, 0.4) is 0 Å². The molecule has 0 aromatic heterocycles. The number of non-ortho nitro benzene ring substituents is 1. The van der Waals surface area contributed by atoms with Gasteiger partial charge >= 0.3 is 5.97 Å². The molecule has 0 aliphatic carbocycles. The molecule has 29 heavy (non-hydrogen) atoms. The Labute approximate surface area is 168 Å². The number of nitrogens with zero attached hydrogens (tertiary/aromatic N) is 2. The van der Waals surface area contributed by atoms with E-state index in [2.05, 4.69) is 5.32 Å². The molecule has 158 valence electrons. The van der Waals surface area contributed by atoms with Crippen molar-refractivity contribution >= 4 is 23.5 Å². The third-order valence-corrected chi connectivity index (χ3v) is 4.59. The minimum Gasteiger partial charge on any atom is -0.481 e. The van der Waals surface area contributed by atoms with Crippen LogP contribution in [0.5, 0.6) is 5.75 Å². The van der Waals surface area contributed by atoms with Gasteiger partial charge in [-0.15, -0.1) is 0 Å². The summed E-state index contributed by atoms with van der Waals surface area (Å²) in [5, 5.41) is 13.4. The number of carbonyl (C=O) groups is 3. The van der Waals surface area contributed by atoms with Crippen molar-refractivity contribution in [2.24, 2.45) is 0 Å². The number of carbonyl (C=O) groups excluding carboxylic acids is 3. The molecular formula is C19H25N3O7. The summed E-state index contributed by atoms with van der Waals surface area (Å²) in [4.78, 5) is 48.7. The van der Waals surface area contributed by atoms with Gasteiger partial charge in [-0.25, -0.2) is 0 Å². The topological polar surface area (TPSA) is 128 Å². The van der Waals surface area contributed by atoms with Crippen molar-refractivity contribution in [1.29, 1.82) is 0 Å². The third kappa shape index (κ3) is 5.90. The van der Waals surface area contributed by atoms with E-state index >= 15 is 0 Å². The van der Waals surface area contributed by atoms with E-state index in [9.17, 15) is 24.5 Å². The number of hydrogen-bond donors (Lipinski definition) is 1. The summed E-state index contributed by atoms with van der Waals surface area (Å²) in [5.41, 5.74) is -0.0936. The highest BCUT2D eigenvalue weighted by Crippen LogP contribution is 2.20. The fourth-order valence-electron chi connectivity index (χ4n) is 2.83. The van der Waals surface area contributed by atoms with Gasteiger partial charge in [0.1, 0.15) is 11.8 Å². The van der Waals surface area contributed by atoms with Crippen LogP contribution in [0.25, 0.3) is 0 Å². The molecule has 1 N–H and O–H groups in total. The van der Waals surface area contributed by atoms with E-state index in [-0.39, 0.29) is 37.1 Å². The monoisotopic (exact) mass is 407 g/mol. The van der Waals surface area contributed by atoms with Gasteiger partial charge in [-0.3, -0.25) is 24.5 Å². The quantitative estimate of drug-likeness (QED) is 0.392. The van der Waals surface area contributed by atoms with E-state index in [1.165, 1.54) is 36.1 Å². The lowest BCUT2D eigenvalue weighted by Crippen LogP contribution is -2.60. The molecule has 1 aromatic rings. The summed E-state index contributed by atoms with van der Waals surface area (Å²) in [7, 11) is 0. The molecule has 0 spiro atoms. The highest BCUT2D eigenvalue weighted by molar-refractivity contribution is 5.93. The molecule has 1 fully saturated rings. The Morgan fingerprint density at radius 2 is 1.97 bits per heavy atom. The molecule has 1 aliphatic heterocycles. The molecule has 10 nitrogen and oxygen atoms in total. The molecule has 0 radical (unpaired) electrons. The SMILES string of the molecule is CCC(C)OC(=O)CC1C(=O)NCCN1C(=O)C(C)Oc1ccc([N+](=O)[O-])cc1. The number of ether oxygens (including phenoxy) is 2. The van der Waals surface area contributed by atoms with Crippen molar-refractivity contribution in [3.63, 3.8) is 0 Å². The Bertz CT molecular complexity index is 766. The molecule has 1 heterocycles. The van der Waals surface area contributed by atoms with E-state index in [4.69, 9.17) is 9.47 Å². The van der Waals surface area contributed by atoms with Crippen LogP contribution < -0.4 is 10.1 Å². The number of benzene rings is 1. The number of nitrogens with one attached hydrogen (secondary N) is 1. The Morgan fingerprint density at radius 1 is 1.31 bits per heavy atom. The van der Waals surface area contributed by atoms with Crippen LogP contribution in [0.2, 0.25) is 0 Å². The van der Waals surface area contributed by atoms with Gasteiger partial charge in [0.2, 0.25) is 5.91 Å². The summed E-state index contributed by atoms with van der Waals surface area (Å²) in [6, 6.07) is 4.36. The standard InChI is InChI=1S/C19H25N3O7/c1-4-12(2)28-17(23)11-16-18(24)20-9-10-21(16)19(25)13(3)29-15-7-5-14(6-8-15)22(26)27/h5-8,12-13,16H,4,9-11H2,1-3H3,(H,20,24). The maximum Gasteiger partial charge on any atom is 0.308 e. The molecule has 3 atom stereocenters. The van der Waals surface area contributed by atoms with Crippen LogP contribution in [0.4, 0.5) is 5.69 Å². The number of rotatable bonds is 8. The van der Waals surface area contributed by atoms with Crippen LogP contribution in [-0.2, 0) is 19.1 Å². The predicted octanol–water partition coefficient (Wildman–Crippen LogP) is 1.42. The Balaban J connectivity index is 2.05. The van der Waals surface area contributed by atoms with Gasteiger partial charge in [0.25, 0.3) is 11.6 Å². The van der Waals surface area contributed by atoms with Gasteiger partial charge in [0.15, 0.2) is 6.10 Å². The minimum atomic E-state index is -0.976. The first-order valence-corrected chi connectivity index (χ1v) is 9.41. The average Bonchev–Trinajstić information content (AvgIpc) is 2.69. The highest BCUT2D eigenvalue weighted by Gasteiger charge is 2.37. The first-order valence-electron chi connectivity index (χ1n) is 9.41. The maximum atomic E-state index is 12.9. The van der Waals surface area contributed by atoms with Crippen molar-refractivity contribution in [3.8, 4) is 5.75 Å². The highest BCUT2D eigenvalue weighted by atomic mass is 16.6. The van der Waals surface area contributed by atoms with E-state index in [0.29, 0.717) is 6.42 Å². The molecule has 2 rings (SSSR count). The zero-order chi connectivity index (χ0) is 21.6. The molecule has 3 unspecified atom stereocenters. The summed E-state index contributed by atoms with van der Waals surface area (Å²) < 4.78 is 10.8. The van der Waals surface area contributed by atoms with E-state index in [1.54, 1.807) is 6.92 Å². The van der Waals surface area contributed by atoms with Crippen molar-refractivity contribution < 1.29 is 28.8 Å². The largest absolute Gasteiger partial charge is 0.481 e. The summed E-state index contributed by atoms with van der Waals surface area (Å²) in [6.45, 7) is 5.65. The molecule has 10 heteroatoms. The Hall–Kier alpha value is -3.17. The van der Waals surface area contributed by atoms with Gasteiger partial charge in [0, 0.05) is 25.2 Å². The molecule has 1 saturated heterocycles. The number of esters is 1. The molecule has 0 bridgehead atoms. The van der Waals surface area contributed by atoms with Gasteiger partial charge in [-0.05, 0) is 32.4 Å². The lowest BCUT2D eigenvalue weighted by atomic mass is 10.1. The van der Waals surface area contributed by atoms with Gasteiger partial charge < -0.3 is 19.7 Å². The lowest BCUT2D eigenvalue weighted by Gasteiger charge is -2.36. The second kappa shape index (κ2) is 9.85. The maximum absolute atomic E-state index is 12.9. The van der Waals surface area contributed by atoms with Crippen molar-refractivity contribution in [2.45, 2.75) is 51.9 Å². The van der Waals surface area contributed by atoms with E-state index in [0.717, 1.165) is 0 Å². The number of nitro benzene ring substituents is 1. The Morgan fingerprint density at radius 3 is 2.55 bits per heavy atom. The molecule has 0 saturated carbocycles. The van der Waals surface area contributed by atoms with Gasteiger partial charge in [0.05, 0.1) is 17.4 Å². The summed E-state index contributed by atoms with van der Waals surface area (Å²) in [5.74, 6) is -1.15. The zero-order valence-electron chi connectivity index (χ0n) is 16.6. The fraction of sp³-hybridized carbons (Fsp3) is 0.526. The van der Waals surface area contributed by atoms with Crippen molar-refractivity contribution in [2.75, 3.05) is 13.1 Å². The molecule has 1 aliphatic rings. The normalized spacial score (nSPS) is 18.4. The average molecular weight is 407 g/mol. The molecule has 2 amide bonds. The smallest absolute Gasteiger partial charge is 0.308 e. The van der Waals surface area contributed by atoms with Crippen LogP contribution in [0.15, 0.2) is 24.3 Å². The number of piperazine rings is 1. The van der Waals surface area contributed by atoms with Crippen LogP contribution in [-0.4, -0.2) is 58.9 Å². The minimum absolute atomic E-state index is 0.0936. The Kier molecular flexibility index (Phi) is 7.52. The molecular weight excluding hydrogens is 382 g/mol. The van der Waals surface area contributed by atoms with Crippen molar-refractivity contribution in [1.82, 2.24) is 10.2 Å². The zero-order valence-corrected chi connectivity index (χ0v) is 16.6. The molecule has 1 aromatic carbocycles. The fourth-order valence-corrected chi connectivity index (χ4v) is 2.83. The van der Waals surface area contributed by atoms with Crippen molar-refractivity contribution in [3.05, 3.63) is 34.4 Å². The number of hydrogen-bond acceptors (Lipinski definition) is 7. The van der Waals surface area contributed by atoms with E-state index in [1.807, 2.05) is 6.92 Å². The summed E-state index contributed by atoms with van der Waals surface area (Å²) in [6.07, 6.45) is -0.824. The van der Waals surface area contributed by atoms with Crippen LogP contribution >= 0.6 is 0 Å². The second-order valence-electron chi connectivity index (χ2n) is 6.76. The summed E-state index contributed by atoms with van der Waals surface area (Å²) >= 11 is 0. The second-order valence-corrected chi connectivity index (χ2v) is 6.76. The first kappa shape index (κ1) is 22.1.